The minimum absolute atomic E-state index is 0. The number of benzene rings is 2. The first-order valence-corrected chi connectivity index (χ1v) is 11.1. The second-order valence-electron chi connectivity index (χ2n) is 9.42. The van der Waals surface area contributed by atoms with E-state index in [9.17, 15) is 0 Å². The molecule has 0 saturated carbocycles. The van der Waals surface area contributed by atoms with Crippen LogP contribution in [0.15, 0.2) is 48.8 Å². The molecule has 0 bridgehead atoms. The van der Waals surface area contributed by atoms with Gasteiger partial charge in [-0.1, -0.05) is 91.8 Å². The van der Waals surface area contributed by atoms with E-state index in [2.05, 4.69) is 121 Å². The Kier molecular flexibility index (Phi) is 10.1. The van der Waals surface area contributed by atoms with Crippen molar-refractivity contribution in [2.75, 3.05) is 9.80 Å². The number of rotatable bonds is 6. The fourth-order valence-corrected chi connectivity index (χ4v) is 4.24. The SMILES string of the molecule is CC(C)c1cccc(C(C)C)c1N1C=CN(c2c(C(C)C)cccc2C(C)C)[CH-]1.O.[Au+]. The Hall–Kier alpha value is -1.52. The Bertz CT molecular complexity index is 763. The van der Waals surface area contributed by atoms with Gasteiger partial charge in [0, 0.05) is 11.4 Å². The molecule has 0 saturated heterocycles. The van der Waals surface area contributed by atoms with Crippen molar-refractivity contribution < 1.29 is 27.9 Å². The van der Waals surface area contributed by atoms with Gasteiger partial charge in [0.2, 0.25) is 0 Å². The van der Waals surface area contributed by atoms with E-state index in [-0.39, 0.29) is 27.9 Å². The van der Waals surface area contributed by atoms with Gasteiger partial charge in [0.25, 0.3) is 0 Å². The zero-order valence-corrected chi connectivity index (χ0v) is 22.4. The second-order valence-corrected chi connectivity index (χ2v) is 9.42. The van der Waals surface area contributed by atoms with Crippen LogP contribution in [0.4, 0.5) is 11.4 Å². The first-order valence-electron chi connectivity index (χ1n) is 11.1. The van der Waals surface area contributed by atoms with E-state index in [1.165, 1.54) is 33.6 Å². The molecule has 1 aliphatic rings. The Labute approximate surface area is 205 Å². The van der Waals surface area contributed by atoms with Gasteiger partial charge in [-0.15, -0.1) is 6.67 Å². The van der Waals surface area contributed by atoms with Crippen LogP contribution in [0.2, 0.25) is 0 Å². The molecule has 0 unspecified atom stereocenters. The van der Waals surface area contributed by atoms with Crippen molar-refractivity contribution in [1.82, 2.24) is 0 Å². The molecule has 0 spiro atoms. The van der Waals surface area contributed by atoms with E-state index in [0.717, 1.165) is 0 Å². The van der Waals surface area contributed by atoms with Crippen LogP contribution < -0.4 is 9.80 Å². The van der Waals surface area contributed by atoms with Crippen LogP contribution in [0.25, 0.3) is 0 Å². The Balaban J connectivity index is 0.00000240. The van der Waals surface area contributed by atoms with Gasteiger partial charge in [0.15, 0.2) is 0 Å². The molecule has 0 aromatic heterocycles. The largest absolute Gasteiger partial charge is 1.00 e. The predicted octanol–water partition coefficient (Wildman–Crippen LogP) is 7.27. The van der Waals surface area contributed by atoms with Gasteiger partial charge in [-0.3, -0.25) is 0 Å². The fourth-order valence-electron chi connectivity index (χ4n) is 4.24. The summed E-state index contributed by atoms with van der Waals surface area (Å²) in [6, 6.07) is 13.5. The molecular weight excluding hydrogens is 565 g/mol. The molecule has 0 fully saturated rings. The van der Waals surface area contributed by atoms with Gasteiger partial charge in [0.1, 0.15) is 0 Å². The van der Waals surface area contributed by atoms with Gasteiger partial charge >= 0.3 is 22.4 Å². The van der Waals surface area contributed by atoms with E-state index in [4.69, 9.17) is 0 Å². The molecule has 0 amide bonds. The average molecular weight is 605 g/mol. The second kappa shape index (κ2) is 11.4. The molecule has 3 rings (SSSR count). The summed E-state index contributed by atoms with van der Waals surface area (Å²) in [5.74, 6) is 1.92. The van der Waals surface area contributed by atoms with Crippen LogP contribution in [-0.2, 0) is 22.4 Å². The molecule has 174 valence electrons. The Morgan fingerprint density at radius 1 is 0.548 bits per heavy atom. The zero-order chi connectivity index (χ0) is 21.3. The van der Waals surface area contributed by atoms with Crippen LogP contribution in [-0.4, -0.2) is 5.48 Å². The summed E-state index contributed by atoms with van der Waals surface area (Å²) in [5, 5.41) is 0. The summed E-state index contributed by atoms with van der Waals surface area (Å²) in [6.45, 7) is 20.5. The number of hydrogen-bond donors (Lipinski definition) is 0. The van der Waals surface area contributed by atoms with Crippen LogP contribution in [0.5, 0.6) is 0 Å². The van der Waals surface area contributed by atoms with Gasteiger partial charge in [0.05, 0.1) is 0 Å². The molecule has 4 heteroatoms. The minimum Gasteiger partial charge on any atom is -0.479 e. The van der Waals surface area contributed by atoms with E-state index in [1.807, 2.05) is 0 Å². The third-order valence-corrected chi connectivity index (χ3v) is 5.84. The summed E-state index contributed by atoms with van der Waals surface area (Å²) in [7, 11) is 0. The van der Waals surface area contributed by atoms with Crippen LogP contribution in [0, 0.1) is 6.67 Å². The van der Waals surface area contributed by atoms with Crippen molar-refractivity contribution in [3.8, 4) is 0 Å². The molecule has 2 aromatic carbocycles. The summed E-state index contributed by atoms with van der Waals surface area (Å²) >= 11 is 0. The van der Waals surface area contributed by atoms with Crippen molar-refractivity contribution in [2.24, 2.45) is 0 Å². The Morgan fingerprint density at radius 3 is 1.03 bits per heavy atom. The molecule has 2 aromatic rings. The standard InChI is InChI=1S/C27H37N2.Au.H2O/c1-18(2)22-11-9-12-23(19(3)4)26(22)28-15-16-29(17-28)27-24(20(5)6)13-10-14-25(27)21(7)8;;/h9-21H,1-8H3;;1H2/q-1;+1;. The first kappa shape index (κ1) is 27.5. The fraction of sp³-hybridized carbons (Fsp3) is 0.444. The number of anilines is 2. The van der Waals surface area contributed by atoms with E-state index >= 15 is 0 Å². The van der Waals surface area contributed by atoms with Crippen LogP contribution in [0.1, 0.15) is 101 Å². The molecule has 31 heavy (non-hydrogen) atoms. The summed E-state index contributed by atoms with van der Waals surface area (Å²) < 4.78 is 0. The molecular formula is C27H39AuN2O. The molecule has 0 aliphatic carbocycles. The van der Waals surface area contributed by atoms with Gasteiger partial charge in [-0.2, -0.15) is 0 Å². The molecule has 0 atom stereocenters. The molecule has 1 heterocycles. The van der Waals surface area contributed by atoms with Gasteiger partial charge in [-0.05, 0) is 58.3 Å². The molecule has 2 N–H and O–H groups in total. The summed E-state index contributed by atoms with van der Waals surface area (Å²) in [6.07, 6.45) is 4.43. The van der Waals surface area contributed by atoms with E-state index < -0.39 is 0 Å². The van der Waals surface area contributed by atoms with Gasteiger partial charge < -0.3 is 15.3 Å². The number of hydrogen-bond acceptors (Lipinski definition) is 2. The smallest absolute Gasteiger partial charge is 0.479 e. The van der Waals surface area contributed by atoms with Crippen molar-refractivity contribution in [1.29, 1.82) is 0 Å². The quantitative estimate of drug-likeness (QED) is 0.257. The maximum absolute atomic E-state index is 2.33. The Morgan fingerprint density at radius 2 is 0.806 bits per heavy atom. The third-order valence-electron chi connectivity index (χ3n) is 5.84. The van der Waals surface area contributed by atoms with Crippen molar-refractivity contribution >= 4 is 11.4 Å². The van der Waals surface area contributed by atoms with E-state index in [0.29, 0.717) is 23.7 Å². The first-order chi connectivity index (χ1) is 13.7. The maximum atomic E-state index is 2.33. The zero-order valence-electron chi connectivity index (χ0n) is 20.2. The number of para-hydroxylation sites is 2. The average Bonchev–Trinajstić information content (AvgIpc) is 3.15. The van der Waals surface area contributed by atoms with Crippen LogP contribution in [0.3, 0.4) is 0 Å². The third kappa shape index (κ3) is 5.64. The summed E-state index contributed by atoms with van der Waals surface area (Å²) in [5.41, 5.74) is 8.29. The van der Waals surface area contributed by atoms with E-state index in [1.54, 1.807) is 0 Å². The van der Waals surface area contributed by atoms with Crippen molar-refractivity contribution in [3.63, 3.8) is 0 Å². The van der Waals surface area contributed by atoms with Gasteiger partial charge in [-0.25, -0.2) is 0 Å². The van der Waals surface area contributed by atoms with Crippen LogP contribution >= 0.6 is 0 Å². The van der Waals surface area contributed by atoms with Crippen molar-refractivity contribution in [2.45, 2.75) is 79.1 Å². The van der Waals surface area contributed by atoms with Crippen molar-refractivity contribution in [3.05, 3.63) is 77.7 Å². The predicted molar refractivity (Wildman–Crippen MR) is 131 cm³/mol. The molecule has 3 nitrogen and oxygen atoms in total. The molecule has 1 aliphatic heterocycles. The topological polar surface area (TPSA) is 38.0 Å². The summed E-state index contributed by atoms with van der Waals surface area (Å²) in [4.78, 5) is 4.65. The number of nitrogens with zero attached hydrogens (tertiary/aromatic N) is 2. The molecule has 0 radical (unpaired) electrons. The minimum atomic E-state index is 0. The monoisotopic (exact) mass is 604 g/mol. The maximum Gasteiger partial charge on any atom is 1.00 e. The normalized spacial score (nSPS) is 13.4.